The minimum absolute atomic E-state index is 0.354. The molecule has 0 radical (unpaired) electrons. The molecule has 0 aliphatic carbocycles. The number of aliphatic imine (C=N–C) groups is 1. The third-order valence-corrected chi connectivity index (χ3v) is 4.34. The van der Waals surface area contributed by atoms with Crippen molar-refractivity contribution in [3.63, 3.8) is 0 Å². The molecule has 1 aromatic carbocycles. The second-order valence-electron chi connectivity index (χ2n) is 6.49. The predicted octanol–water partition coefficient (Wildman–Crippen LogP) is 6.01. The highest BCUT2D eigenvalue weighted by Crippen LogP contribution is 2.39. The van der Waals surface area contributed by atoms with Crippen molar-refractivity contribution in [2.24, 2.45) is 4.99 Å². The van der Waals surface area contributed by atoms with Crippen LogP contribution < -0.4 is 4.74 Å². The lowest BCUT2D eigenvalue weighted by molar-refractivity contribution is 0.465. The molecule has 0 atom stereocenters. The van der Waals surface area contributed by atoms with Gasteiger partial charge in [-0.25, -0.2) is 9.98 Å². The fourth-order valence-electron chi connectivity index (χ4n) is 2.50. The highest BCUT2D eigenvalue weighted by atomic mass is 35.5. The molecule has 0 saturated carbocycles. The summed E-state index contributed by atoms with van der Waals surface area (Å²) in [6.07, 6.45) is 3.65. The summed E-state index contributed by atoms with van der Waals surface area (Å²) in [5, 5.41) is 0.756. The molecule has 0 unspecified atom stereocenters. The largest absolute Gasteiger partial charge is 0.436 e. The quantitative estimate of drug-likeness (QED) is 0.428. The maximum Gasteiger partial charge on any atom is 0.220 e. The Morgan fingerprint density at radius 1 is 1.19 bits per heavy atom. The van der Waals surface area contributed by atoms with Crippen molar-refractivity contribution in [2.45, 2.75) is 19.8 Å². The summed E-state index contributed by atoms with van der Waals surface area (Å²) < 4.78 is 5.88. The van der Waals surface area contributed by atoms with E-state index < -0.39 is 0 Å². The molecule has 136 valence electrons. The number of rotatable bonds is 5. The summed E-state index contributed by atoms with van der Waals surface area (Å²) in [6.45, 7) is 4.25. The van der Waals surface area contributed by atoms with Gasteiger partial charge in [-0.05, 0) is 29.7 Å². The summed E-state index contributed by atoms with van der Waals surface area (Å²) >= 11 is 12.7. The van der Waals surface area contributed by atoms with E-state index in [0.717, 1.165) is 16.6 Å². The third kappa shape index (κ3) is 3.94. The van der Waals surface area contributed by atoms with Crippen LogP contribution in [0.2, 0.25) is 10.0 Å². The lowest BCUT2D eigenvalue weighted by Gasteiger charge is -2.11. The second-order valence-corrected chi connectivity index (χ2v) is 7.31. The Balaban J connectivity index is 1.93. The zero-order valence-corrected chi connectivity index (χ0v) is 16.6. The Morgan fingerprint density at radius 2 is 1.88 bits per heavy atom. The Labute approximate surface area is 162 Å². The second kappa shape index (κ2) is 7.56. The van der Waals surface area contributed by atoms with E-state index in [4.69, 9.17) is 27.9 Å². The lowest BCUT2D eigenvalue weighted by atomic mass is 10.1. The van der Waals surface area contributed by atoms with Crippen LogP contribution in [-0.2, 0) is 0 Å². The summed E-state index contributed by atoms with van der Waals surface area (Å²) in [6, 6.07) is 7.13. The molecule has 3 rings (SSSR count). The summed E-state index contributed by atoms with van der Waals surface area (Å²) in [5.74, 6) is 1.16. The molecule has 5 nitrogen and oxygen atoms in total. The molecule has 26 heavy (non-hydrogen) atoms. The van der Waals surface area contributed by atoms with Gasteiger partial charge in [0.25, 0.3) is 0 Å². The van der Waals surface area contributed by atoms with Gasteiger partial charge in [0, 0.05) is 26.4 Å². The molecule has 3 aromatic rings. The van der Waals surface area contributed by atoms with Crippen LogP contribution in [0.3, 0.4) is 0 Å². The number of nitrogens with zero attached hydrogens (tertiary/aromatic N) is 3. The van der Waals surface area contributed by atoms with Crippen molar-refractivity contribution in [2.75, 3.05) is 14.1 Å². The predicted molar refractivity (Wildman–Crippen MR) is 109 cm³/mol. The summed E-state index contributed by atoms with van der Waals surface area (Å²) in [4.78, 5) is 14.0. The molecule has 1 N–H and O–H groups in total. The van der Waals surface area contributed by atoms with Gasteiger partial charge in [-0.2, -0.15) is 0 Å². The molecule has 0 spiro atoms. The number of benzene rings is 1. The minimum atomic E-state index is 0.354. The van der Waals surface area contributed by atoms with Crippen molar-refractivity contribution in [3.8, 4) is 11.6 Å². The summed E-state index contributed by atoms with van der Waals surface area (Å²) in [5.41, 5.74) is 3.64. The van der Waals surface area contributed by atoms with Gasteiger partial charge >= 0.3 is 0 Å². The van der Waals surface area contributed by atoms with Crippen molar-refractivity contribution >= 4 is 46.3 Å². The maximum atomic E-state index is 6.35. The molecule has 0 aliphatic heterocycles. The molecule has 0 fully saturated rings. The number of fused-ring (bicyclic) bond motifs is 1. The van der Waals surface area contributed by atoms with E-state index in [0.29, 0.717) is 33.3 Å². The standard InChI is InChI=1S/C19H20Cl2N4O/c1-11(2)13-9-22-16-5-6-17(24-18(13)16)26-19-14(20)7-12(8-15(19)21)23-10-25(3)4/h5-11,22H,1-4H3. The fourth-order valence-corrected chi connectivity index (χ4v) is 3.06. The van der Waals surface area contributed by atoms with Crippen molar-refractivity contribution in [1.29, 1.82) is 0 Å². The molecule has 7 heteroatoms. The number of aromatic amines is 1. The number of hydrogen-bond donors (Lipinski definition) is 1. The normalized spacial score (nSPS) is 11.7. The molecular formula is C19H20Cl2N4O. The van der Waals surface area contributed by atoms with Gasteiger partial charge in [0.1, 0.15) is 0 Å². The molecule has 2 heterocycles. The van der Waals surface area contributed by atoms with E-state index in [-0.39, 0.29) is 0 Å². The van der Waals surface area contributed by atoms with Gasteiger partial charge < -0.3 is 14.6 Å². The average molecular weight is 391 g/mol. The van der Waals surface area contributed by atoms with Crippen molar-refractivity contribution in [1.82, 2.24) is 14.9 Å². The van der Waals surface area contributed by atoms with E-state index in [1.165, 1.54) is 0 Å². The minimum Gasteiger partial charge on any atom is -0.436 e. The first-order valence-corrected chi connectivity index (χ1v) is 8.96. The number of aromatic nitrogens is 2. The van der Waals surface area contributed by atoms with Crippen LogP contribution in [0.25, 0.3) is 11.0 Å². The van der Waals surface area contributed by atoms with Crippen LogP contribution >= 0.6 is 23.2 Å². The Morgan fingerprint density at radius 3 is 2.50 bits per heavy atom. The van der Waals surface area contributed by atoms with E-state index >= 15 is 0 Å². The number of halogens is 2. The SMILES string of the molecule is CC(C)c1c[nH]c2ccc(Oc3c(Cl)cc(N=CN(C)C)cc3Cl)nc12. The Kier molecular flexibility index (Phi) is 5.39. The third-order valence-electron chi connectivity index (χ3n) is 3.78. The van der Waals surface area contributed by atoms with Crippen LogP contribution in [0.5, 0.6) is 11.6 Å². The highest BCUT2D eigenvalue weighted by Gasteiger charge is 2.14. The molecule has 0 bridgehead atoms. The highest BCUT2D eigenvalue weighted by molar-refractivity contribution is 6.37. The van der Waals surface area contributed by atoms with Gasteiger partial charge in [-0.1, -0.05) is 37.0 Å². The molecule has 0 saturated heterocycles. The van der Waals surface area contributed by atoms with Crippen LogP contribution in [0.15, 0.2) is 35.5 Å². The Bertz CT molecular complexity index is 940. The average Bonchev–Trinajstić information content (AvgIpc) is 2.99. The van der Waals surface area contributed by atoms with Crippen LogP contribution in [-0.4, -0.2) is 35.3 Å². The van der Waals surface area contributed by atoms with Crippen LogP contribution in [0.1, 0.15) is 25.3 Å². The van der Waals surface area contributed by atoms with E-state index in [2.05, 4.69) is 28.8 Å². The smallest absolute Gasteiger partial charge is 0.220 e. The van der Waals surface area contributed by atoms with Crippen LogP contribution in [0.4, 0.5) is 5.69 Å². The number of hydrogen-bond acceptors (Lipinski definition) is 3. The van der Waals surface area contributed by atoms with Gasteiger partial charge in [0.2, 0.25) is 5.88 Å². The monoisotopic (exact) mass is 390 g/mol. The first-order valence-electron chi connectivity index (χ1n) is 8.20. The molecule has 0 amide bonds. The van der Waals surface area contributed by atoms with Gasteiger partial charge in [-0.15, -0.1) is 0 Å². The van der Waals surface area contributed by atoms with E-state index in [1.807, 2.05) is 31.3 Å². The number of ether oxygens (including phenoxy) is 1. The maximum absolute atomic E-state index is 6.35. The first kappa shape index (κ1) is 18.5. The lowest BCUT2D eigenvalue weighted by Crippen LogP contribution is -2.06. The summed E-state index contributed by atoms with van der Waals surface area (Å²) in [7, 11) is 3.77. The molecule has 2 aromatic heterocycles. The van der Waals surface area contributed by atoms with Crippen molar-refractivity contribution in [3.05, 3.63) is 46.1 Å². The van der Waals surface area contributed by atoms with Crippen LogP contribution in [0, 0.1) is 0 Å². The fraction of sp³-hybridized carbons (Fsp3) is 0.263. The van der Waals surface area contributed by atoms with Gasteiger partial charge in [-0.3, -0.25) is 0 Å². The topological polar surface area (TPSA) is 53.5 Å². The molecular weight excluding hydrogens is 371 g/mol. The zero-order valence-electron chi connectivity index (χ0n) is 15.0. The Hall–Kier alpha value is -2.24. The number of pyridine rings is 1. The number of H-pyrrole nitrogens is 1. The van der Waals surface area contributed by atoms with Gasteiger partial charge in [0.15, 0.2) is 5.75 Å². The van der Waals surface area contributed by atoms with E-state index in [1.54, 1.807) is 24.5 Å². The van der Waals surface area contributed by atoms with E-state index in [9.17, 15) is 0 Å². The number of nitrogens with one attached hydrogen (secondary N) is 1. The van der Waals surface area contributed by atoms with Crippen molar-refractivity contribution < 1.29 is 4.74 Å². The zero-order chi connectivity index (χ0) is 18.8. The van der Waals surface area contributed by atoms with Gasteiger partial charge in [0.05, 0.1) is 33.1 Å². The first-order chi connectivity index (χ1) is 12.3. The molecule has 0 aliphatic rings.